The average Bonchev–Trinajstić information content (AvgIpc) is 3.23. The SMILES string of the molecule is CCCN(C(=O)Nc1ccc(Cl)c(C(F)(F)F)c1)[C@@H]1CC[C@@]2(c3ccc(OC)c(OC)c3)CCN(C)[C@H]2C1. The molecule has 1 saturated heterocycles. The van der Waals surface area contributed by atoms with Gasteiger partial charge in [-0.2, -0.15) is 13.2 Å². The molecule has 1 heterocycles. The van der Waals surface area contributed by atoms with Crippen molar-refractivity contribution in [2.75, 3.05) is 39.7 Å². The van der Waals surface area contributed by atoms with Gasteiger partial charge in [-0.3, -0.25) is 0 Å². The van der Waals surface area contributed by atoms with Gasteiger partial charge in [0.05, 0.1) is 24.8 Å². The number of rotatable bonds is 7. The highest BCUT2D eigenvalue weighted by Crippen LogP contribution is 2.50. The maximum atomic E-state index is 13.4. The molecule has 4 rings (SSSR count). The van der Waals surface area contributed by atoms with Gasteiger partial charge in [0.1, 0.15) is 0 Å². The van der Waals surface area contributed by atoms with Gasteiger partial charge in [0.25, 0.3) is 0 Å². The Hall–Kier alpha value is -2.65. The van der Waals surface area contributed by atoms with Gasteiger partial charge in [0.2, 0.25) is 0 Å². The molecule has 38 heavy (non-hydrogen) atoms. The molecule has 3 atom stereocenters. The van der Waals surface area contributed by atoms with Gasteiger partial charge in [-0.1, -0.05) is 24.6 Å². The molecule has 1 aliphatic carbocycles. The van der Waals surface area contributed by atoms with Crippen molar-refractivity contribution in [1.82, 2.24) is 9.80 Å². The van der Waals surface area contributed by atoms with Gasteiger partial charge in [0.15, 0.2) is 11.5 Å². The molecule has 0 unspecified atom stereocenters. The summed E-state index contributed by atoms with van der Waals surface area (Å²) in [7, 11) is 5.37. The number of alkyl halides is 3. The lowest BCUT2D eigenvalue weighted by atomic mass is 9.64. The normalized spacial score (nSPS) is 23.6. The molecule has 10 heteroatoms. The first-order valence-electron chi connectivity index (χ1n) is 12.9. The summed E-state index contributed by atoms with van der Waals surface area (Å²) in [6.45, 7) is 3.44. The van der Waals surface area contributed by atoms with Crippen LogP contribution < -0.4 is 14.8 Å². The van der Waals surface area contributed by atoms with Crippen molar-refractivity contribution >= 4 is 23.3 Å². The topological polar surface area (TPSA) is 54.0 Å². The monoisotopic (exact) mass is 553 g/mol. The summed E-state index contributed by atoms with van der Waals surface area (Å²) in [6.07, 6.45) is -0.423. The molecular formula is C28H35ClF3N3O3. The van der Waals surface area contributed by atoms with E-state index >= 15 is 0 Å². The number of ether oxygens (including phenoxy) is 2. The van der Waals surface area contributed by atoms with Crippen LogP contribution in [0.1, 0.15) is 50.2 Å². The summed E-state index contributed by atoms with van der Waals surface area (Å²) in [5, 5.41) is 2.29. The van der Waals surface area contributed by atoms with E-state index in [0.717, 1.165) is 50.8 Å². The Morgan fingerprint density at radius 1 is 1.16 bits per heavy atom. The zero-order chi connectivity index (χ0) is 27.7. The van der Waals surface area contributed by atoms with Gasteiger partial charge >= 0.3 is 12.2 Å². The number of fused-ring (bicyclic) bond motifs is 1. The fourth-order valence-corrected chi connectivity index (χ4v) is 6.46. The van der Waals surface area contributed by atoms with Gasteiger partial charge in [-0.05, 0) is 81.6 Å². The largest absolute Gasteiger partial charge is 0.493 e. The third-order valence-electron chi connectivity index (χ3n) is 8.15. The second kappa shape index (κ2) is 11.2. The maximum Gasteiger partial charge on any atom is 0.417 e. The molecule has 1 aliphatic heterocycles. The van der Waals surface area contributed by atoms with Crippen LogP contribution in [0.25, 0.3) is 0 Å². The summed E-state index contributed by atoms with van der Waals surface area (Å²) < 4.78 is 51.0. The van der Waals surface area contributed by atoms with Crippen molar-refractivity contribution < 1.29 is 27.4 Å². The number of urea groups is 1. The molecule has 6 nitrogen and oxygen atoms in total. The summed E-state index contributed by atoms with van der Waals surface area (Å²) >= 11 is 5.75. The third kappa shape index (κ3) is 5.41. The fraction of sp³-hybridized carbons (Fsp3) is 0.536. The molecule has 0 spiro atoms. The van der Waals surface area contributed by atoms with E-state index in [1.807, 2.05) is 13.0 Å². The minimum absolute atomic E-state index is 0.0387. The fourth-order valence-electron chi connectivity index (χ4n) is 6.23. The van der Waals surface area contributed by atoms with E-state index in [2.05, 4.69) is 29.4 Å². The highest BCUT2D eigenvalue weighted by Gasteiger charge is 2.51. The molecule has 2 aromatic carbocycles. The number of amides is 2. The standard InChI is InChI=1S/C28H35ClF3N3O3/c1-5-13-35(26(36)33-19-7-8-22(29)21(16-19)28(30,31)32)20-10-11-27(12-14-34(2)25(27)17-20)18-6-9-23(37-3)24(15-18)38-4/h6-9,15-16,20,25H,5,10-14,17H2,1-4H3,(H,33,36)/t20-,25+,27+/m1/s1. The Labute approximate surface area is 227 Å². The van der Waals surface area contributed by atoms with Crippen molar-refractivity contribution in [1.29, 1.82) is 0 Å². The summed E-state index contributed by atoms with van der Waals surface area (Å²) in [6, 6.07) is 9.35. The van der Waals surface area contributed by atoms with Crippen LogP contribution in [-0.2, 0) is 11.6 Å². The predicted molar refractivity (Wildman–Crippen MR) is 142 cm³/mol. The maximum absolute atomic E-state index is 13.4. The second-order valence-corrected chi connectivity index (χ2v) is 10.6. The average molecular weight is 554 g/mol. The van der Waals surface area contributed by atoms with E-state index in [1.54, 1.807) is 19.1 Å². The Morgan fingerprint density at radius 2 is 1.89 bits per heavy atom. The van der Waals surface area contributed by atoms with Crippen molar-refractivity contribution in [2.45, 2.75) is 62.7 Å². The molecule has 2 fully saturated rings. The zero-order valence-corrected chi connectivity index (χ0v) is 23.0. The van der Waals surface area contributed by atoms with Gasteiger partial charge in [-0.25, -0.2) is 4.79 Å². The number of carbonyl (C=O) groups is 1. The van der Waals surface area contributed by atoms with E-state index < -0.39 is 22.8 Å². The summed E-state index contributed by atoms with van der Waals surface area (Å²) in [5.41, 5.74) is 0.234. The lowest BCUT2D eigenvalue weighted by Gasteiger charge is -2.47. The molecule has 2 amide bonds. The Bertz CT molecular complexity index is 1160. The number of likely N-dealkylation sites (tertiary alicyclic amines) is 1. The number of halogens is 4. The number of carbonyl (C=O) groups excluding carboxylic acids is 1. The Kier molecular flexibility index (Phi) is 8.37. The number of methoxy groups -OCH3 is 2. The molecule has 1 N–H and O–H groups in total. The molecule has 2 aliphatic rings. The summed E-state index contributed by atoms with van der Waals surface area (Å²) in [5.74, 6) is 1.38. The number of benzene rings is 2. The van der Waals surface area contributed by atoms with E-state index in [4.69, 9.17) is 21.1 Å². The minimum atomic E-state index is -4.61. The number of hydrogen-bond acceptors (Lipinski definition) is 4. The lowest BCUT2D eigenvalue weighted by Crippen LogP contribution is -2.54. The minimum Gasteiger partial charge on any atom is -0.493 e. The summed E-state index contributed by atoms with van der Waals surface area (Å²) in [4.78, 5) is 17.5. The Morgan fingerprint density at radius 3 is 2.55 bits per heavy atom. The molecular weight excluding hydrogens is 519 g/mol. The van der Waals surface area contributed by atoms with Crippen LogP contribution >= 0.6 is 11.6 Å². The number of likely N-dealkylation sites (N-methyl/N-ethyl adjacent to an activating group) is 1. The smallest absolute Gasteiger partial charge is 0.417 e. The van der Waals surface area contributed by atoms with Gasteiger partial charge < -0.3 is 24.6 Å². The first kappa shape index (κ1) is 28.4. The number of hydrogen-bond donors (Lipinski definition) is 1. The highest BCUT2D eigenvalue weighted by atomic mass is 35.5. The first-order valence-corrected chi connectivity index (χ1v) is 13.3. The van der Waals surface area contributed by atoms with Crippen LogP contribution in [0.3, 0.4) is 0 Å². The number of nitrogens with one attached hydrogen (secondary N) is 1. The van der Waals surface area contributed by atoms with E-state index in [-0.39, 0.29) is 23.2 Å². The van der Waals surface area contributed by atoms with Crippen LogP contribution in [0.2, 0.25) is 5.02 Å². The van der Waals surface area contributed by atoms with Gasteiger partial charge in [0, 0.05) is 29.7 Å². The lowest BCUT2D eigenvalue weighted by molar-refractivity contribution is -0.137. The first-order chi connectivity index (χ1) is 18.0. The molecule has 1 saturated carbocycles. The molecule has 2 aromatic rings. The van der Waals surface area contributed by atoms with Crippen LogP contribution in [0.15, 0.2) is 36.4 Å². The quantitative estimate of drug-likeness (QED) is 0.409. The van der Waals surface area contributed by atoms with Crippen molar-refractivity contribution in [3.63, 3.8) is 0 Å². The Balaban J connectivity index is 1.57. The highest BCUT2D eigenvalue weighted by molar-refractivity contribution is 6.31. The molecule has 0 bridgehead atoms. The van der Waals surface area contributed by atoms with Crippen molar-refractivity contribution in [3.05, 3.63) is 52.5 Å². The van der Waals surface area contributed by atoms with Crippen LogP contribution in [0.5, 0.6) is 11.5 Å². The van der Waals surface area contributed by atoms with E-state index in [1.165, 1.54) is 11.6 Å². The van der Waals surface area contributed by atoms with Gasteiger partial charge in [-0.15, -0.1) is 0 Å². The van der Waals surface area contributed by atoms with Crippen LogP contribution in [0, 0.1) is 0 Å². The number of anilines is 1. The van der Waals surface area contributed by atoms with Crippen LogP contribution in [0.4, 0.5) is 23.7 Å². The van der Waals surface area contributed by atoms with Crippen LogP contribution in [-0.4, -0.2) is 62.3 Å². The molecule has 0 aromatic heterocycles. The van der Waals surface area contributed by atoms with E-state index in [0.29, 0.717) is 18.0 Å². The predicted octanol–water partition coefficient (Wildman–Crippen LogP) is 6.81. The van der Waals surface area contributed by atoms with Crippen molar-refractivity contribution in [3.8, 4) is 11.5 Å². The number of nitrogens with zero attached hydrogens (tertiary/aromatic N) is 2. The second-order valence-electron chi connectivity index (χ2n) is 10.2. The third-order valence-corrected chi connectivity index (χ3v) is 8.48. The molecule has 0 radical (unpaired) electrons. The van der Waals surface area contributed by atoms with E-state index in [9.17, 15) is 18.0 Å². The zero-order valence-electron chi connectivity index (χ0n) is 22.2. The van der Waals surface area contributed by atoms with Crippen molar-refractivity contribution in [2.24, 2.45) is 0 Å². The molecule has 208 valence electrons.